The summed E-state index contributed by atoms with van der Waals surface area (Å²) in [7, 11) is 0. The second kappa shape index (κ2) is 10.9. The van der Waals surface area contributed by atoms with E-state index < -0.39 is 0 Å². The zero-order valence-corrected chi connectivity index (χ0v) is 20.5. The van der Waals surface area contributed by atoms with Crippen molar-refractivity contribution in [3.63, 3.8) is 0 Å². The molecule has 1 amide bonds. The van der Waals surface area contributed by atoms with Crippen LogP contribution >= 0.6 is 11.3 Å². The molecule has 4 heterocycles. The smallest absolute Gasteiger partial charge is 0.247 e. The first-order valence-electron chi connectivity index (χ1n) is 11.9. The summed E-state index contributed by atoms with van der Waals surface area (Å²) in [5.41, 5.74) is 2.06. The molecule has 0 unspecified atom stereocenters. The van der Waals surface area contributed by atoms with Gasteiger partial charge in [0.25, 0.3) is 0 Å². The fraction of sp³-hybridized carbons (Fsp3) is 0.400. The van der Waals surface area contributed by atoms with E-state index in [2.05, 4.69) is 25.2 Å². The third kappa shape index (κ3) is 6.01. The summed E-state index contributed by atoms with van der Waals surface area (Å²) in [6.45, 7) is 6.19. The standard InChI is InChI=1S/C25H28N6O3S/c1-18-6-8-19(9-7-18)25-28-27-22(33-25)10-11-23(32)31-15-13-30(14-16-31)12-2-5-21-26-24(29-34-21)20-4-3-17-35-20/h3-4,6-9,17H,2,5,10-16H2,1H3. The first-order valence-corrected chi connectivity index (χ1v) is 12.8. The monoisotopic (exact) mass is 492 g/mol. The Morgan fingerprint density at radius 1 is 1.03 bits per heavy atom. The summed E-state index contributed by atoms with van der Waals surface area (Å²) in [6, 6.07) is 11.9. The molecular weight excluding hydrogens is 464 g/mol. The Hall–Kier alpha value is -3.37. The van der Waals surface area contributed by atoms with E-state index in [1.807, 2.05) is 53.6 Å². The van der Waals surface area contributed by atoms with E-state index in [4.69, 9.17) is 8.94 Å². The lowest BCUT2D eigenvalue weighted by molar-refractivity contribution is -0.133. The first-order chi connectivity index (χ1) is 17.1. The van der Waals surface area contributed by atoms with Gasteiger partial charge >= 0.3 is 0 Å². The molecule has 182 valence electrons. The summed E-state index contributed by atoms with van der Waals surface area (Å²) < 4.78 is 11.1. The van der Waals surface area contributed by atoms with Crippen LogP contribution in [0.15, 0.2) is 50.7 Å². The number of aromatic nitrogens is 4. The quantitative estimate of drug-likeness (QED) is 0.347. The van der Waals surface area contributed by atoms with Crippen LogP contribution < -0.4 is 0 Å². The number of aryl methyl sites for hydroxylation is 3. The van der Waals surface area contributed by atoms with Crippen molar-refractivity contribution in [1.29, 1.82) is 0 Å². The van der Waals surface area contributed by atoms with Crippen LogP contribution in [0.4, 0.5) is 0 Å². The van der Waals surface area contributed by atoms with E-state index >= 15 is 0 Å². The van der Waals surface area contributed by atoms with Crippen molar-refractivity contribution in [2.24, 2.45) is 0 Å². The van der Waals surface area contributed by atoms with Crippen LogP contribution in [0, 0.1) is 6.92 Å². The minimum absolute atomic E-state index is 0.131. The highest BCUT2D eigenvalue weighted by atomic mass is 32.1. The topological polar surface area (TPSA) is 101 Å². The number of thiophene rings is 1. The molecule has 0 bridgehead atoms. The van der Waals surface area contributed by atoms with Crippen LogP contribution in [0.5, 0.6) is 0 Å². The van der Waals surface area contributed by atoms with Crippen molar-refractivity contribution < 1.29 is 13.7 Å². The summed E-state index contributed by atoms with van der Waals surface area (Å²) in [5.74, 6) is 2.45. The molecule has 0 radical (unpaired) electrons. The summed E-state index contributed by atoms with van der Waals surface area (Å²) >= 11 is 1.60. The highest BCUT2D eigenvalue weighted by Crippen LogP contribution is 2.22. The van der Waals surface area contributed by atoms with E-state index in [0.29, 0.717) is 36.3 Å². The number of nitrogens with zero attached hydrogens (tertiary/aromatic N) is 6. The zero-order valence-electron chi connectivity index (χ0n) is 19.7. The number of piperazine rings is 1. The van der Waals surface area contributed by atoms with Gasteiger partial charge in [0, 0.05) is 51.0 Å². The normalized spacial score (nSPS) is 14.5. The molecule has 1 aromatic carbocycles. The number of hydrogen-bond acceptors (Lipinski definition) is 9. The second-order valence-electron chi connectivity index (χ2n) is 8.68. The highest BCUT2D eigenvalue weighted by Gasteiger charge is 2.21. The second-order valence-corrected chi connectivity index (χ2v) is 9.63. The molecule has 0 saturated carbocycles. The number of benzene rings is 1. The van der Waals surface area contributed by atoms with Crippen LogP contribution in [0.25, 0.3) is 22.2 Å². The molecule has 0 aliphatic carbocycles. The number of rotatable bonds is 9. The molecule has 0 atom stereocenters. The largest absolute Gasteiger partial charge is 0.421 e. The fourth-order valence-corrected chi connectivity index (χ4v) is 4.73. The van der Waals surface area contributed by atoms with Gasteiger partial charge in [-0.3, -0.25) is 9.69 Å². The lowest BCUT2D eigenvalue weighted by Gasteiger charge is -2.34. The Kier molecular flexibility index (Phi) is 7.29. The molecule has 5 rings (SSSR count). The van der Waals surface area contributed by atoms with E-state index in [1.165, 1.54) is 5.56 Å². The Morgan fingerprint density at radius 2 is 1.86 bits per heavy atom. The SMILES string of the molecule is Cc1ccc(-c2nnc(CCC(=O)N3CCN(CCCc4nc(-c5cccs5)no4)CC3)o2)cc1. The van der Waals surface area contributed by atoms with Gasteiger partial charge < -0.3 is 13.8 Å². The lowest BCUT2D eigenvalue weighted by Crippen LogP contribution is -2.48. The fourth-order valence-electron chi connectivity index (χ4n) is 4.08. The Balaban J connectivity index is 1.01. The minimum Gasteiger partial charge on any atom is -0.421 e. The van der Waals surface area contributed by atoms with Crippen LogP contribution in [-0.4, -0.2) is 68.8 Å². The third-order valence-corrected chi connectivity index (χ3v) is 6.98. The average molecular weight is 493 g/mol. The maximum atomic E-state index is 12.7. The van der Waals surface area contributed by atoms with Crippen molar-refractivity contribution in [3.05, 3.63) is 59.1 Å². The van der Waals surface area contributed by atoms with Gasteiger partial charge in [0.2, 0.25) is 29.4 Å². The summed E-state index contributed by atoms with van der Waals surface area (Å²) in [5, 5.41) is 14.3. The van der Waals surface area contributed by atoms with Gasteiger partial charge in [0.15, 0.2) is 0 Å². The predicted molar refractivity (Wildman–Crippen MR) is 132 cm³/mol. The Labute approximate surface area is 207 Å². The number of amides is 1. The third-order valence-electron chi connectivity index (χ3n) is 6.12. The van der Waals surface area contributed by atoms with Crippen molar-refractivity contribution in [3.8, 4) is 22.2 Å². The van der Waals surface area contributed by atoms with Crippen LogP contribution in [0.3, 0.4) is 0 Å². The summed E-state index contributed by atoms with van der Waals surface area (Å²) in [6.07, 6.45) is 2.53. The van der Waals surface area contributed by atoms with Crippen LogP contribution in [0.2, 0.25) is 0 Å². The van der Waals surface area contributed by atoms with Crippen molar-refractivity contribution in [2.75, 3.05) is 32.7 Å². The first kappa shape index (κ1) is 23.4. The average Bonchev–Trinajstić information content (AvgIpc) is 3.65. The van der Waals surface area contributed by atoms with Gasteiger partial charge in [-0.2, -0.15) is 4.98 Å². The molecule has 0 N–H and O–H groups in total. The molecule has 10 heteroatoms. The maximum absolute atomic E-state index is 12.7. The molecule has 1 fully saturated rings. The van der Waals surface area contributed by atoms with Gasteiger partial charge in [0.05, 0.1) is 4.88 Å². The van der Waals surface area contributed by atoms with Crippen molar-refractivity contribution in [2.45, 2.75) is 32.6 Å². The molecular formula is C25H28N6O3S. The highest BCUT2D eigenvalue weighted by molar-refractivity contribution is 7.13. The molecule has 3 aromatic heterocycles. The molecule has 0 spiro atoms. The summed E-state index contributed by atoms with van der Waals surface area (Å²) in [4.78, 5) is 22.5. The van der Waals surface area contributed by atoms with Gasteiger partial charge in [-0.25, -0.2) is 0 Å². The molecule has 1 saturated heterocycles. The number of carbonyl (C=O) groups excluding carboxylic acids is 1. The van der Waals surface area contributed by atoms with E-state index in [9.17, 15) is 4.79 Å². The van der Waals surface area contributed by atoms with E-state index in [-0.39, 0.29) is 5.91 Å². The molecule has 1 aliphatic heterocycles. The lowest BCUT2D eigenvalue weighted by atomic mass is 10.1. The molecule has 4 aromatic rings. The minimum atomic E-state index is 0.131. The van der Waals surface area contributed by atoms with E-state index in [0.717, 1.165) is 56.0 Å². The van der Waals surface area contributed by atoms with Crippen LogP contribution in [-0.2, 0) is 17.6 Å². The number of hydrogen-bond donors (Lipinski definition) is 0. The van der Waals surface area contributed by atoms with Crippen molar-refractivity contribution in [1.82, 2.24) is 30.1 Å². The van der Waals surface area contributed by atoms with Crippen LogP contribution in [0.1, 0.15) is 30.2 Å². The van der Waals surface area contributed by atoms with Crippen molar-refractivity contribution >= 4 is 17.2 Å². The molecule has 35 heavy (non-hydrogen) atoms. The molecule has 9 nitrogen and oxygen atoms in total. The Bertz CT molecular complexity index is 1230. The molecule has 1 aliphatic rings. The maximum Gasteiger partial charge on any atom is 0.247 e. The van der Waals surface area contributed by atoms with Gasteiger partial charge in [-0.1, -0.05) is 28.9 Å². The van der Waals surface area contributed by atoms with E-state index in [1.54, 1.807) is 11.3 Å². The van der Waals surface area contributed by atoms with Gasteiger partial charge in [0.1, 0.15) is 0 Å². The van der Waals surface area contributed by atoms with Gasteiger partial charge in [-0.05, 0) is 43.5 Å². The zero-order chi connectivity index (χ0) is 24.0. The Morgan fingerprint density at radius 3 is 2.63 bits per heavy atom. The van der Waals surface area contributed by atoms with Gasteiger partial charge in [-0.15, -0.1) is 21.5 Å². The predicted octanol–water partition coefficient (Wildman–Crippen LogP) is 3.87. The number of carbonyl (C=O) groups is 1.